The molecule has 1 aromatic carbocycles. The zero-order valence-corrected chi connectivity index (χ0v) is 22.4. The van der Waals surface area contributed by atoms with Gasteiger partial charge in [-0.3, -0.25) is 9.69 Å². The smallest absolute Gasteiger partial charge is 0.252 e. The number of piperidine rings is 1. The SMILES string of the molecule is COc1ccc2nc(N(CCN(C)C)C(=O)C3CCN(S(=O)(=O)c4ccc(Cl)s4)CC3)sc2c1. The number of amides is 1. The van der Waals surface area contributed by atoms with Crippen LogP contribution in [-0.2, 0) is 14.8 Å². The van der Waals surface area contributed by atoms with Crippen molar-refractivity contribution in [1.29, 1.82) is 0 Å². The fraction of sp³-hybridized carbons (Fsp3) is 0.455. The Morgan fingerprint density at radius 3 is 2.53 bits per heavy atom. The summed E-state index contributed by atoms with van der Waals surface area (Å²) in [6, 6.07) is 8.79. The molecule has 2 aromatic heterocycles. The van der Waals surface area contributed by atoms with E-state index in [1.54, 1.807) is 18.1 Å². The number of sulfonamides is 1. The van der Waals surface area contributed by atoms with Crippen molar-refractivity contribution in [3.05, 3.63) is 34.7 Å². The molecule has 1 aliphatic rings. The summed E-state index contributed by atoms with van der Waals surface area (Å²) in [6.45, 7) is 1.80. The summed E-state index contributed by atoms with van der Waals surface area (Å²) < 4.78 is 34.2. The van der Waals surface area contributed by atoms with Crippen LogP contribution in [-0.4, -0.2) is 75.9 Å². The summed E-state index contributed by atoms with van der Waals surface area (Å²) in [7, 11) is 1.95. The molecule has 34 heavy (non-hydrogen) atoms. The van der Waals surface area contributed by atoms with Gasteiger partial charge in [0.25, 0.3) is 10.0 Å². The normalized spacial score (nSPS) is 15.8. The van der Waals surface area contributed by atoms with Gasteiger partial charge in [-0.2, -0.15) is 4.31 Å². The summed E-state index contributed by atoms with van der Waals surface area (Å²) in [5.41, 5.74) is 0.818. The molecule has 0 radical (unpaired) electrons. The molecule has 0 bridgehead atoms. The maximum atomic E-state index is 13.6. The number of anilines is 1. The summed E-state index contributed by atoms with van der Waals surface area (Å²) in [5, 5.41) is 0.651. The highest BCUT2D eigenvalue weighted by Gasteiger charge is 2.35. The Balaban J connectivity index is 1.51. The van der Waals surface area contributed by atoms with Gasteiger partial charge in [0.2, 0.25) is 5.91 Å². The minimum atomic E-state index is -3.59. The summed E-state index contributed by atoms with van der Waals surface area (Å²) in [6.07, 6.45) is 0.933. The highest BCUT2D eigenvalue weighted by Crippen LogP contribution is 2.34. The van der Waals surface area contributed by atoms with Gasteiger partial charge in [0.15, 0.2) is 5.13 Å². The first-order valence-electron chi connectivity index (χ1n) is 10.8. The van der Waals surface area contributed by atoms with Crippen LogP contribution in [0, 0.1) is 5.92 Å². The quantitative estimate of drug-likeness (QED) is 0.427. The number of nitrogens with zero attached hydrogens (tertiary/aromatic N) is 4. The van der Waals surface area contributed by atoms with Crippen molar-refractivity contribution in [2.24, 2.45) is 5.92 Å². The third-order valence-electron chi connectivity index (χ3n) is 5.80. The summed E-state index contributed by atoms with van der Waals surface area (Å²) in [4.78, 5) is 22.1. The minimum Gasteiger partial charge on any atom is -0.497 e. The van der Waals surface area contributed by atoms with E-state index in [4.69, 9.17) is 21.3 Å². The Hall–Kier alpha value is -1.76. The molecule has 4 rings (SSSR count). The maximum Gasteiger partial charge on any atom is 0.252 e. The zero-order valence-electron chi connectivity index (χ0n) is 19.2. The highest BCUT2D eigenvalue weighted by atomic mass is 35.5. The highest BCUT2D eigenvalue weighted by molar-refractivity contribution is 7.91. The van der Waals surface area contributed by atoms with Crippen LogP contribution in [0.15, 0.2) is 34.5 Å². The fourth-order valence-corrected chi connectivity index (χ4v) is 7.99. The van der Waals surface area contributed by atoms with Crippen molar-refractivity contribution in [2.75, 3.05) is 52.3 Å². The lowest BCUT2D eigenvalue weighted by atomic mass is 9.96. The lowest BCUT2D eigenvalue weighted by Crippen LogP contribution is -2.45. The van der Waals surface area contributed by atoms with Crippen molar-refractivity contribution in [2.45, 2.75) is 17.1 Å². The number of thiazole rings is 1. The topological polar surface area (TPSA) is 83.1 Å². The van der Waals surface area contributed by atoms with Gasteiger partial charge in [-0.05, 0) is 57.3 Å². The van der Waals surface area contributed by atoms with Crippen LogP contribution < -0.4 is 9.64 Å². The first-order valence-corrected chi connectivity index (χ1v) is 14.3. The number of thiophene rings is 1. The molecule has 0 unspecified atom stereocenters. The molecule has 3 heterocycles. The second-order valence-electron chi connectivity index (χ2n) is 8.36. The van der Waals surface area contributed by atoms with Crippen molar-refractivity contribution in [3.8, 4) is 5.75 Å². The van der Waals surface area contributed by atoms with E-state index >= 15 is 0 Å². The number of methoxy groups -OCH3 is 1. The molecular formula is C22H27ClN4O4S3. The Bertz CT molecular complexity index is 1270. The summed E-state index contributed by atoms with van der Waals surface area (Å²) in [5.74, 6) is 0.473. The number of hydrogen-bond donors (Lipinski definition) is 0. The minimum absolute atomic E-state index is 0.0101. The Labute approximate surface area is 212 Å². The molecule has 1 amide bonds. The first kappa shape index (κ1) is 25.3. The molecule has 0 N–H and O–H groups in total. The average Bonchev–Trinajstić information content (AvgIpc) is 3.45. The largest absolute Gasteiger partial charge is 0.497 e. The zero-order chi connectivity index (χ0) is 24.5. The van der Waals surface area contributed by atoms with Crippen LogP contribution in [0.3, 0.4) is 0 Å². The number of carbonyl (C=O) groups excluding carboxylic acids is 1. The van der Waals surface area contributed by atoms with Crippen LogP contribution in [0.25, 0.3) is 10.2 Å². The first-order chi connectivity index (χ1) is 16.2. The van der Waals surface area contributed by atoms with Crippen LogP contribution in [0.2, 0.25) is 4.34 Å². The van der Waals surface area contributed by atoms with Crippen LogP contribution >= 0.6 is 34.3 Å². The number of benzene rings is 1. The number of ether oxygens (including phenoxy) is 1. The van der Waals surface area contributed by atoms with E-state index < -0.39 is 10.0 Å². The van der Waals surface area contributed by atoms with Gasteiger partial charge in [0, 0.05) is 32.1 Å². The third kappa shape index (κ3) is 5.39. The second-order valence-corrected chi connectivity index (χ2v) is 13.2. The van der Waals surface area contributed by atoms with Crippen LogP contribution in [0.5, 0.6) is 5.75 Å². The van der Waals surface area contributed by atoms with Gasteiger partial charge < -0.3 is 9.64 Å². The number of carbonyl (C=O) groups is 1. The van der Waals surface area contributed by atoms with Crippen molar-refractivity contribution >= 4 is 65.6 Å². The Morgan fingerprint density at radius 2 is 1.91 bits per heavy atom. The van der Waals surface area contributed by atoms with Gasteiger partial charge in [0.05, 0.1) is 21.7 Å². The molecule has 3 aromatic rings. The van der Waals surface area contributed by atoms with Gasteiger partial charge in [-0.15, -0.1) is 11.3 Å². The predicted octanol–water partition coefficient (Wildman–Crippen LogP) is 4.02. The standard InChI is InChI=1S/C22H27ClN4O4S3/c1-25(2)12-13-27(22-24-17-5-4-16(31-3)14-18(17)32-22)21(28)15-8-10-26(11-9-15)34(29,30)20-7-6-19(23)33-20/h4-7,14-15H,8-13H2,1-3H3. The van der Waals surface area contributed by atoms with Gasteiger partial charge >= 0.3 is 0 Å². The average molecular weight is 543 g/mol. The number of likely N-dealkylation sites (N-methyl/N-ethyl adjacent to an activating group) is 1. The molecule has 1 fully saturated rings. The molecule has 8 nitrogen and oxygen atoms in total. The summed E-state index contributed by atoms with van der Waals surface area (Å²) >= 11 is 8.44. The molecule has 1 saturated heterocycles. The fourth-order valence-electron chi connectivity index (χ4n) is 3.86. The monoisotopic (exact) mass is 542 g/mol. The van der Waals surface area contributed by atoms with E-state index in [0.717, 1.165) is 27.3 Å². The van der Waals surface area contributed by atoms with Gasteiger partial charge in [-0.25, -0.2) is 13.4 Å². The third-order valence-corrected chi connectivity index (χ3v) is 10.4. The number of rotatable bonds is 8. The van der Waals surface area contributed by atoms with E-state index in [9.17, 15) is 13.2 Å². The molecule has 184 valence electrons. The number of aromatic nitrogens is 1. The lowest BCUT2D eigenvalue weighted by molar-refractivity contribution is -0.123. The van der Waals surface area contributed by atoms with E-state index in [-0.39, 0.29) is 16.0 Å². The molecule has 1 aliphatic heterocycles. The molecule has 0 spiro atoms. The Morgan fingerprint density at radius 1 is 1.18 bits per heavy atom. The Kier molecular flexibility index (Phi) is 7.80. The maximum absolute atomic E-state index is 13.6. The van der Waals surface area contributed by atoms with Crippen molar-refractivity contribution < 1.29 is 17.9 Å². The molecular weight excluding hydrogens is 516 g/mol. The number of halogens is 1. The van der Waals surface area contributed by atoms with Crippen LogP contribution in [0.1, 0.15) is 12.8 Å². The molecule has 0 atom stereocenters. The van der Waals surface area contributed by atoms with Crippen molar-refractivity contribution in [3.63, 3.8) is 0 Å². The molecule has 0 saturated carbocycles. The van der Waals surface area contributed by atoms with E-state index in [2.05, 4.69) is 0 Å². The number of hydrogen-bond acceptors (Lipinski definition) is 8. The molecule has 0 aliphatic carbocycles. The van der Waals surface area contributed by atoms with E-state index in [1.807, 2.05) is 37.2 Å². The van der Waals surface area contributed by atoms with E-state index in [1.165, 1.54) is 21.7 Å². The number of fused-ring (bicyclic) bond motifs is 1. The van der Waals surface area contributed by atoms with Gasteiger partial charge in [0.1, 0.15) is 9.96 Å². The lowest BCUT2D eigenvalue weighted by Gasteiger charge is -2.33. The van der Waals surface area contributed by atoms with Gasteiger partial charge in [-0.1, -0.05) is 22.9 Å². The van der Waals surface area contributed by atoms with E-state index in [0.29, 0.717) is 48.5 Å². The van der Waals surface area contributed by atoms with Crippen molar-refractivity contribution in [1.82, 2.24) is 14.2 Å². The second kappa shape index (κ2) is 10.5. The molecule has 12 heteroatoms. The van der Waals surface area contributed by atoms with Crippen LogP contribution in [0.4, 0.5) is 5.13 Å². The predicted molar refractivity (Wildman–Crippen MR) is 138 cm³/mol.